The molecule has 8 nitrogen and oxygen atoms in total. The highest BCUT2D eigenvalue weighted by molar-refractivity contribution is 5.81. The smallest absolute Gasteiger partial charge is 0.220 e. The van der Waals surface area contributed by atoms with Crippen LogP contribution in [-0.4, -0.2) is 59.7 Å². The van der Waals surface area contributed by atoms with Gasteiger partial charge in [-0.1, -0.05) is 52.2 Å². The molecule has 178 valence electrons. The minimum absolute atomic E-state index is 0.0258. The van der Waals surface area contributed by atoms with Gasteiger partial charge in [0.2, 0.25) is 5.91 Å². The minimum Gasteiger partial charge on any atom is -0.377 e. The van der Waals surface area contributed by atoms with E-state index >= 15 is 0 Å². The van der Waals surface area contributed by atoms with Gasteiger partial charge in [-0.2, -0.15) is 0 Å². The zero-order chi connectivity index (χ0) is 22.9. The van der Waals surface area contributed by atoms with Crippen LogP contribution in [0.2, 0.25) is 0 Å². The third-order valence-electron chi connectivity index (χ3n) is 5.57. The van der Waals surface area contributed by atoms with Crippen molar-refractivity contribution in [3.8, 4) is 0 Å². The van der Waals surface area contributed by atoms with E-state index in [1.807, 2.05) is 24.7 Å². The van der Waals surface area contributed by atoms with Gasteiger partial charge in [0, 0.05) is 38.0 Å². The fourth-order valence-corrected chi connectivity index (χ4v) is 2.89. The number of carbonyl (C=O) groups is 2. The topological polar surface area (TPSA) is 95.3 Å². The predicted octanol–water partition coefficient (Wildman–Crippen LogP) is 3.19. The third kappa shape index (κ3) is 13.3. The van der Waals surface area contributed by atoms with Crippen LogP contribution in [0.5, 0.6) is 0 Å². The Morgan fingerprint density at radius 3 is 2.61 bits per heavy atom. The quantitative estimate of drug-likeness (QED) is 0.333. The molecule has 0 saturated carbocycles. The Hall–Kier alpha value is -1.80. The van der Waals surface area contributed by atoms with Crippen molar-refractivity contribution in [3.63, 3.8) is 0 Å². The van der Waals surface area contributed by atoms with Gasteiger partial charge in [0.1, 0.15) is 6.61 Å². The number of rotatable bonds is 19. The molecule has 31 heavy (non-hydrogen) atoms. The molecule has 0 spiro atoms. The lowest BCUT2D eigenvalue weighted by molar-refractivity contribution is -0.127. The molecular formula is C23H42N4O4. The molecule has 0 saturated heterocycles. The monoisotopic (exact) mass is 438 g/mol. The van der Waals surface area contributed by atoms with Crippen molar-refractivity contribution in [2.75, 3.05) is 33.0 Å². The van der Waals surface area contributed by atoms with Crippen LogP contribution >= 0.6 is 0 Å². The molecule has 1 heterocycles. The Labute approximate surface area is 187 Å². The molecule has 0 radical (unpaired) electrons. The number of hydrogen-bond donors (Lipinski definition) is 1. The van der Waals surface area contributed by atoms with Crippen molar-refractivity contribution in [1.82, 2.24) is 20.3 Å². The molecule has 1 aromatic heterocycles. The first-order valence-corrected chi connectivity index (χ1v) is 11.8. The largest absolute Gasteiger partial charge is 0.377 e. The van der Waals surface area contributed by atoms with E-state index in [4.69, 9.17) is 9.47 Å². The van der Waals surface area contributed by atoms with Crippen LogP contribution in [0.1, 0.15) is 71.9 Å². The lowest BCUT2D eigenvalue weighted by atomic mass is 10.0. The predicted molar refractivity (Wildman–Crippen MR) is 121 cm³/mol. The summed E-state index contributed by atoms with van der Waals surface area (Å²) < 4.78 is 12.6. The number of aromatic nitrogens is 3. The van der Waals surface area contributed by atoms with E-state index in [1.165, 1.54) is 19.3 Å². The highest BCUT2D eigenvalue weighted by Gasteiger charge is 2.10. The molecule has 1 rings (SSSR count). The van der Waals surface area contributed by atoms with Crippen LogP contribution in [0.25, 0.3) is 0 Å². The van der Waals surface area contributed by atoms with Gasteiger partial charge < -0.3 is 14.8 Å². The number of Topliss-reactive ketones (excluding diaryl/α,β-unsaturated/α-hetero) is 1. The summed E-state index contributed by atoms with van der Waals surface area (Å²) in [5, 5.41) is 11.1. The SMILES string of the molecule is CCC(C)CCCCn1cc(CCC(=O)NCCOCCOCC(=O)C(C)CC)nn1. The van der Waals surface area contributed by atoms with Crippen molar-refractivity contribution in [2.45, 2.75) is 79.2 Å². The second-order valence-electron chi connectivity index (χ2n) is 8.27. The van der Waals surface area contributed by atoms with Crippen LogP contribution in [0.4, 0.5) is 0 Å². The number of nitrogens with one attached hydrogen (secondary N) is 1. The summed E-state index contributed by atoms with van der Waals surface area (Å²) >= 11 is 0. The molecule has 0 bridgehead atoms. The van der Waals surface area contributed by atoms with E-state index in [9.17, 15) is 9.59 Å². The van der Waals surface area contributed by atoms with E-state index < -0.39 is 0 Å². The summed E-state index contributed by atoms with van der Waals surface area (Å²) in [5.41, 5.74) is 0.845. The molecule has 0 aliphatic carbocycles. The van der Waals surface area contributed by atoms with Crippen molar-refractivity contribution in [2.24, 2.45) is 11.8 Å². The highest BCUT2D eigenvalue weighted by atomic mass is 16.5. The normalized spacial score (nSPS) is 13.2. The van der Waals surface area contributed by atoms with Gasteiger partial charge in [-0.05, 0) is 18.8 Å². The average Bonchev–Trinajstić information content (AvgIpc) is 3.23. The number of hydrogen-bond acceptors (Lipinski definition) is 6. The van der Waals surface area contributed by atoms with Gasteiger partial charge >= 0.3 is 0 Å². The number of aryl methyl sites for hydroxylation is 2. The standard InChI is InChI=1S/C23H42N4O4/c1-5-19(3)9-7-8-13-27-17-21(25-26-27)10-11-23(29)24-12-14-30-15-16-31-18-22(28)20(4)6-2/h17,19-20H,5-16,18H2,1-4H3,(H,24,29). The van der Waals surface area contributed by atoms with Crippen LogP contribution in [-0.2, 0) is 32.0 Å². The van der Waals surface area contributed by atoms with Crippen molar-refractivity contribution >= 4 is 11.7 Å². The zero-order valence-electron chi connectivity index (χ0n) is 19.9. The molecule has 8 heteroatoms. The summed E-state index contributed by atoms with van der Waals surface area (Å²) in [5.74, 6) is 0.923. The minimum atomic E-state index is -0.0258. The molecule has 0 aliphatic rings. The summed E-state index contributed by atoms with van der Waals surface area (Å²) in [6, 6.07) is 0. The van der Waals surface area contributed by atoms with Crippen LogP contribution < -0.4 is 5.32 Å². The van der Waals surface area contributed by atoms with Gasteiger partial charge in [0.15, 0.2) is 5.78 Å². The van der Waals surface area contributed by atoms with Crippen LogP contribution in [0, 0.1) is 11.8 Å². The van der Waals surface area contributed by atoms with E-state index in [2.05, 4.69) is 29.5 Å². The lowest BCUT2D eigenvalue weighted by Gasteiger charge is -2.09. The summed E-state index contributed by atoms with van der Waals surface area (Å²) in [7, 11) is 0. The number of carbonyl (C=O) groups excluding carboxylic acids is 2. The van der Waals surface area contributed by atoms with E-state index in [0.29, 0.717) is 39.2 Å². The molecular weight excluding hydrogens is 396 g/mol. The number of ketones is 1. The van der Waals surface area contributed by atoms with Gasteiger partial charge in [-0.25, -0.2) is 0 Å². The first-order chi connectivity index (χ1) is 15.0. The molecule has 1 aromatic rings. The zero-order valence-corrected chi connectivity index (χ0v) is 19.9. The Bertz CT molecular complexity index is 620. The molecule has 0 aromatic carbocycles. The lowest BCUT2D eigenvalue weighted by Crippen LogP contribution is -2.28. The summed E-state index contributed by atoms with van der Waals surface area (Å²) in [4.78, 5) is 23.6. The number of amides is 1. The first-order valence-electron chi connectivity index (χ1n) is 11.8. The number of unbranched alkanes of at least 4 members (excludes halogenated alkanes) is 1. The molecule has 2 unspecified atom stereocenters. The van der Waals surface area contributed by atoms with Crippen LogP contribution in [0.3, 0.4) is 0 Å². The van der Waals surface area contributed by atoms with Crippen LogP contribution in [0.15, 0.2) is 6.20 Å². The van der Waals surface area contributed by atoms with E-state index in [-0.39, 0.29) is 24.2 Å². The maximum atomic E-state index is 11.9. The van der Waals surface area contributed by atoms with Gasteiger partial charge in [-0.3, -0.25) is 14.3 Å². The number of nitrogens with zero attached hydrogens (tertiary/aromatic N) is 3. The fourth-order valence-electron chi connectivity index (χ4n) is 2.89. The Balaban J connectivity index is 2.01. The fraction of sp³-hybridized carbons (Fsp3) is 0.826. The maximum absolute atomic E-state index is 11.9. The Morgan fingerprint density at radius 1 is 1.10 bits per heavy atom. The maximum Gasteiger partial charge on any atom is 0.220 e. The molecule has 1 N–H and O–H groups in total. The van der Waals surface area contributed by atoms with E-state index in [1.54, 1.807) is 0 Å². The van der Waals surface area contributed by atoms with Crippen molar-refractivity contribution in [1.29, 1.82) is 0 Å². The summed E-state index contributed by atoms with van der Waals surface area (Å²) in [6.07, 6.45) is 8.53. The Morgan fingerprint density at radius 2 is 1.87 bits per heavy atom. The average molecular weight is 439 g/mol. The molecule has 2 atom stereocenters. The second-order valence-corrected chi connectivity index (χ2v) is 8.27. The third-order valence-corrected chi connectivity index (χ3v) is 5.57. The van der Waals surface area contributed by atoms with Gasteiger partial charge in [0.25, 0.3) is 0 Å². The van der Waals surface area contributed by atoms with Crippen molar-refractivity contribution in [3.05, 3.63) is 11.9 Å². The molecule has 0 fully saturated rings. The van der Waals surface area contributed by atoms with Crippen molar-refractivity contribution < 1.29 is 19.1 Å². The second kappa shape index (κ2) is 16.8. The summed E-state index contributed by atoms with van der Waals surface area (Å²) in [6.45, 7) is 11.1. The van der Waals surface area contributed by atoms with E-state index in [0.717, 1.165) is 31.0 Å². The number of ether oxygens (including phenoxy) is 2. The molecule has 1 amide bonds. The Kier molecular flexibility index (Phi) is 14.8. The van der Waals surface area contributed by atoms with Gasteiger partial charge in [0.05, 0.1) is 25.5 Å². The first kappa shape index (κ1) is 27.2. The molecule has 0 aliphatic heterocycles. The van der Waals surface area contributed by atoms with Gasteiger partial charge in [-0.15, -0.1) is 5.10 Å². The highest BCUT2D eigenvalue weighted by Crippen LogP contribution is 2.11.